The summed E-state index contributed by atoms with van der Waals surface area (Å²) in [7, 11) is -3.97. The number of nitrogens with zero attached hydrogens (tertiary/aromatic N) is 2. The Morgan fingerprint density at radius 1 is 1.52 bits per heavy atom. The largest absolute Gasteiger partial charge is 0.330 e. The molecule has 21 heavy (non-hydrogen) atoms. The lowest BCUT2D eigenvalue weighted by atomic mass is 9.90. The van der Waals surface area contributed by atoms with Gasteiger partial charge >= 0.3 is 0 Å². The molecule has 0 aromatic heterocycles. The van der Waals surface area contributed by atoms with Gasteiger partial charge in [-0.05, 0) is 30.5 Å². The van der Waals surface area contributed by atoms with Crippen LogP contribution in [0.3, 0.4) is 0 Å². The lowest BCUT2D eigenvalue weighted by molar-refractivity contribution is -0.387. The standard InChI is InChI=1S/C12H16ClN3O4S/c1-12(7-14)4-5-15(8-12)21(19,20)11-6-9(13)2-3-10(11)16(17)18/h2-3,6H,4-5,7-8,14H2,1H3. The first-order valence-corrected chi connectivity index (χ1v) is 8.16. The summed E-state index contributed by atoms with van der Waals surface area (Å²) >= 11 is 5.79. The van der Waals surface area contributed by atoms with Gasteiger partial charge in [0.25, 0.3) is 5.69 Å². The first kappa shape index (κ1) is 16.2. The van der Waals surface area contributed by atoms with Crippen LogP contribution in [0.4, 0.5) is 5.69 Å². The number of benzene rings is 1. The van der Waals surface area contributed by atoms with Gasteiger partial charge < -0.3 is 5.73 Å². The zero-order valence-corrected chi connectivity index (χ0v) is 13.0. The molecule has 0 saturated carbocycles. The molecule has 1 aliphatic heterocycles. The summed E-state index contributed by atoms with van der Waals surface area (Å²) in [6, 6.07) is 3.52. The molecule has 1 unspecified atom stereocenters. The smallest absolute Gasteiger partial charge is 0.289 e. The number of nitrogens with two attached hydrogens (primary N) is 1. The Hall–Kier alpha value is -1.22. The van der Waals surface area contributed by atoms with Crippen molar-refractivity contribution >= 4 is 27.3 Å². The van der Waals surface area contributed by atoms with Crippen molar-refractivity contribution in [2.45, 2.75) is 18.2 Å². The topological polar surface area (TPSA) is 107 Å². The molecular formula is C12H16ClN3O4S. The summed E-state index contributed by atoms with van der Waals surface area (Å²) in [6.07, 6.45) is 0.622. The maximum Gasteiger partial charge on any atom is 0.289 e. The minimum Gasteiger partial charge on any atom is -0.330 e. The van der Waals surface area contributed by atoms with Gasteiger partial charge in [-0.15, -0.1) is 0 Å². The van der Waals surface area contributed by atoms with Crippen molar-refractivity contribution in [2.24, 2.45) is 11.1 Å². The molecule has 1 saturated heterocycles. The van der Waals surface area contributed by atoms with E-state index in [1.807, 2.05) is 6.92 Å². The maximum atomic E-state index is 12.6. The van der Waals surface area contributed by atoms with E-state index in [0.29, 0.717) is 19.5 Å². The molecule has 0 radical (unpaired) electrons. The molecule has 1 aliphatic rings. The number of hydrogen-bond acceptors (Lipinski definition) is 5. The fourth-order valence-corrected chi connectivity index (χ4v) is 4.35. The quantitative estimate of drug-likeness (QED) is 0.665. The molecule has 7 nitrogen and oxygen atoms in total. The fourth-order valence-electron chi connectivity index (χ4n) is 2.33. The van der Waals surface area contributed by atoms with Crippen molar-refractivity contribution in [2.75, 3.05) is 19.6 Å². The lowest BCUT2D eigenvalue weighted by Crippen LogP contribution is -2.34. The van der Waals surface area contributed by atoms with Crippen LogP contribution in [0, 0.1) is 15.5 Å². The van der Waals surface area contributed by atoms with Gasteiger partial charge in [0.05, 0.1) is 4.92 Å². The summed E-state index contributed by atoms with van der Waals surface area (Å²) in [4.78, 5) is 9.94. The third-order valence-corrected chi connectivity index (χ3v) is 5.86. The number of halogens is 1. The van der Waals surface area contributed by atoms with Crippen molar-refractivity contribution in [3.05, 3.63) is 33.3 Å². The normalized spacial score (nSPS) is 23.4. The van der Waals surface area contributed by atoms with Gasteiger partial charge in [0, 0.05) is 24.2 Å². The second-order valence-electron chi connectivity index (χ2n) is 5.47. The third kappa shape index (κ3) is 3.03. The average molecular weight is 334 g/mol. The highest BCUT2D eigenvalue weighted by Gasteiger charge is 2.41. The Morgan fingerprint density at radius 3 is 2.71 bits per heavy atom. The number of sulfonamides is 1. The van der Waals surface area contributed by atoms with E-state index in [9.17, 15) is 18.5 Å². The second-order valence-corrected chi connectivity index (χ2v) is 7.82. The molecule has 9 heteroatoms. The zero-order chi connectivity index (χ0) is 15.8. The van der Waals surface area contributed by atoms with Crippen LogP contribution in [0.25, 0.3) is 0 Å². The van der Waals surface area contributed by atoms with Crippen molar-refractivity contribution in [3.8, 4) is 0 Å². The van der Waals surface area contributed by atoms with Crippen LogP contribution in [-0.4, -0.2) is 37.3 Å². The van der Waals surface area contributed by atoms with Crippen LogP contribution >= 0.6 is 11.6 Å². The molecule has 0 bridgehead atoms. The van der Waals surface area contributed by atoms with E-state index in [-0.39, 0.29) is 21.9 Å². The molecule has 2 N–H and O–H groups in total. The average Bonchev–Trinajstić information content (AvgIpc) is 2.82. The zero-order valence-electron chi connectivity index (χ0n) is 11.5. The molecule has 1 fully saturated rings. The summed E-state index contributed by atoms with van der Waals surface area (Å²) in [6.45, 7) is 2.79. The van der Waals surface area contributed by atoms with Crippen molar-refractivity contribution < 1.29 is 13.3 Å². The van der Waals surface area contributed by atoms with Gasteiger partial charge in [-0.2, -0.15) is 4.31 Å². The molecule has 0 amide bonds. The highest BCUT2D eigenvalue weighted by Crippen LogP contribution is 2.35. The van der Waals surface area contributed by atoms with Crippen molar-refractivity contribution in [3.63, 3.8) is 0 Å². The minimum absolute atomic E-state index is 0.139. The summed E-state index contributed by atoms with van der Waals surface area (Å²) in [5.41, 5.74) is 4.89. The molecule has 1 heterocycles. The van der Waals surface area contributed by atoms with E-state index in [1.54, 1.807) is 0 Å². The molecule has 2 rings (SSSR count). The number of hydrogen-bond donors (Lipinski definition) is 1. The molecule has 0 aliphatic carbocycles. The van der Waals surface area contributed by atoms with Gasteiger partial charge in [-0.25, -0.2) is 8.42 Å². The van der Waals surface area contributed by atoms with Crippen LogP contribution in [0.1, 0.15) is 13.3 Å². The van der Waals surface area contributed by atoms with E-state index >= 15 is 0 Å². The molecule has 1 atom stereocenters. The number of rotatable bonds is 4. The van der Waals surface area contributed by atoms with Crippen LogP contribution < -0.4 is 5.73 Å². The highest BCUT2D eigenvalue weighted by molar-refractivity contribution is 7.89. The Morgan fingerprint density at radius 2 is 2.19 bits per heavy atom. The van der Waals surface area contributed by atoms with E-state index < -0.39 is 20.6 Å². The maximum absolute atomic E-state index is 12.6. The van der Waals surface area contributed by atoms with Gasteiger partial charge in [0.2, 0.25) is 10.0 Å². The fraction of sp³-hybridized carbons (Fsp3) is 0.500. The minimum atomic E-state index is -3.97. The van der Waals surface area contributed by atoms with E-state index in [1.165, 1.54) is 10.4 Å². The van der Waals surface area contributed by atoms with Crippen LogP contribution in [0.2, 0.25) is 5.02 Å². The number of nitro benzene ring substituents is 1. The molecule has 0 spiro atoms. The van der Waals surface area contributed by atoms with Crippen LogP contribution in [0.15, 0.2) is 23.1 Å². The van der Waals surface area contributed by atoms with Crippen LogP contribution in [0.5, 0.6) is 0 Å². The van der Waals surface area contributed by atoms with Crippen molar-refractivity contribution in [1.82, 2.24) is 4.31 Å². The first-order chi connectivity index (χ1) is 9.69. The SMILES string of the molecule is CC1(CN)CCN(S(=O)(=O)c2cc(Cl)ccc2[N+](=O)[O-])C1. The van der Waals surface area contributed by atoms with E-state index in [0.717, 1.165) is 12.1 Å². The molecular weight excluding hydrogens is 318 g/mol. The summed E-state index contributed by atoms with van der Waals surface area (Å²) in [5.74, 6) is 0. The Labute approximate surface area is 127 Å². The summed E-state index contributed by atoms with van der Waals surface area (Å²) < 4.78 is 26.5. The Bertz CT molecular complexity index is 679. The Kier molecular flexibility index (Phi) is 4.25. The van der Waals surface area contributed by atoms with Gasteiger partial charge in [-0.3, -0.25) is 10.1 Å². The molecule has 1 aromatic rings. The van der Waals surface area contributed by atoms with Crippen molar-refractivity contribution in [1.29, 1.82) is 0 Å². The van der Waals surface area contributed by atoms with Gasteiger partial charge in [-0.1, -0.05) is 18.5 Å². The van der Waals surface area contributed by atoms with E-state index in [2.05, 4.69) is 0 Å². The predicted octanol–water partition coefficient (Wildman–Crippen LogP) is 1.61. The van der Waals surface area contributed by atoms with Gasteiger partial charge in [0.15, 0.2) is 4.90 Å². The first-order valence-electron chi connectivity index (χ1n) is 6.34. The molecule has 116 valence electrons. The van der Waals surface area contributed by atoms with Crippen LogP contribution in [-0.2, 0) is 10.0 Å². The van der Waals surface area contributed by atoms with E-state index in [4.69, 9.17) is 17.3 Å². The second kappa shape index (κ2) is 5.53. The monoisotopic (exact) mass is 333 g/mol. The highest BCUT2D eigenvalue weighted by atomic mass is 35.5. The molecule has 1 aromatic carbocycles. The van der Waals surface area contributed by atoms with Gasteiger partial charge in [0.1, 0.15) is 0 Å². The lowest BCUT2D eigenvalue weighted by Gasteiger charge is -2.22. The summed E-state index contributed by atoms with van der Waals surface area (Å²) in [5, 5.41) is 11.2. The Balaban J connectivity index is 2.46. The predicted molar refractivity (Wildman–Crippen MR) is 78.6 cm³/mol. The third-order valence-electron chi connectivity index (χ3n) is 3.75. The number of nitro groups is 1.